The summed E-state index contributed by atoms with van der Waals surface area (Å²) >= 11 is 6.16. The maximum absolute atomic E-state index is 13.2. The van der Waals surface area contributed by atoms with Crippen LogP contribution in [0.3, 0.4) is 0 Å². The molecule has 0 atom stereocenters. The lowest BCUT2D eigenvalue weighted by Crippen LogP contribution is -2.41. The van der Waals surface area contributed by atoms with E-state index >= 15 is 0 Å². The largest absolute Gasteiger partial charge is 0.339 e. The fourth-order valence-electron chi connectivity index (χ4n) is 4.34. The number of carbonyl (C=O) groups excluding carboxylic acids is 2. The quantitative estimate of drug-likeness (QED) is 0.484. The minimum atomic E-state index is -3.62. The van der Waals surface area contributed by atoms with E-state index < -0.39 is 10.0 Å². The number of carbonyl (C=O) groups is 2. The van der Waals surface area contributed by atoms with Gasteiger partial charge in [-0.3, -0.25) is 9.59 Å². The number of likely N-dealkylation sites (tertiary alicyclic amines) is 1. The second kappa shape index (κ2) is 12.2. The van der Waals surface area contributed by atoms with Gasteiger partial charge in [0, 0.05) is 37.8 Å². The number of nitrogens with one attached hydrogen (secondary N) is 1. The molecule has 1 aliphatic rings. The highest BCUT2D eigenvalue weighted by Gasteiger charge is 2.29. The third kappa shape index (κ3) is 7.08. The van der Waals surface area contributed by atoms with Crippen LogP contribution < -0.4 is 5.32 Å². The molecule has 1 fully saturated rings. The highest BCUT2D eigenvalue weighted by molar-refractivity contribution is 7.89. The summed E-state index contributed by atoms with van der Waals surface area (Å²) in [7, 11) is -3.62. The predicted octanol–water partition coefficient (Wildman–Crippen LogP) is 5.13. The van der Waals surface area contributed by atoms with Gasteiger partial charge in [0.05, 0.1) is 15.5 Å². The molecule has 9 heteroatoms. The molecule has 1 saturated heterocycles. The Bertz CT molecular complexity index is 1150. The van der Waals surface area contributed by atoms with Crippen molar-refractivity contribution in [1.29, 1.82) is 0 Å². The van der Waals surface area contributed by atoms with Crippen LogP contribution in [-0.2, 0) is 14.8 Å². The average Bonchev–Trinajstić information content (AvgIpc) is 2.83. The Balaban J connectivity index is 1.59. The van der Waals surface area contributed by atoms with Crippen LogP contribution in [0.1, 0.15) is 50.9 Å². The maximum Gasteiger partial charge on any atom is 0.255 e. The van der Waals surface area contributed by atoms with Gasteiger partial charge in [0.2, 0.25) is 15.9 Å². The van der Waals surface area contributed by atoms with Crippen molar-refractivity contribution >= 4 is 39.1 Å². The first kappa shape index (κ1) is 28.2. The standard InChI is InChI=1S/C27H36ClN3O4S/c1-19(2)17-31(18-20(3)4)36(34,35)23-11-9-22(10-12-23)29-26(32)21-13-15-30(16-14-21)27(33)24-7-5-6-8-25(24)28/h5-12,19-21H,13-18H2,1-4H3,(H,29,32). The Morgan fingerprint density at radius 3 is 2.06 bits per heavy atom. The van der Waals surface area contributed by atoms with E-state index in [2.05, 4.69) is 5.32 Å². The molecule has 0 unspecified atom stereocenters. The molecular weight excluding hydrogens is 498 g/mol. The molecule has 7 nitrogen and oxygen atoms in total. The molecule has 0 radical (unpaired) electrons. The first-order chi connectivity index (χ1) is 17.0. The van der Waals surface area contributed by atoms with Crippen molar-refractivity contribution in [2.45, 2.75) is 45.4 Å². The highest BCUT2D eigenvalue weighted by atomic mass is 35.5. The Labute approximate surface area is 219 Å². The van der Waals surface area contributed by atoms with Crippen LogP contribution in [0.4, 0.5) is 5.69 Å². The molecule has 196 valence electrons. The van der Waals surface area contributed by atoms with Crippen LogP contribution in [0, 0.1) is 17.8 Å². The van der Waals surface area contributed by atoms with Gasteiger partial charge in [-0.25, -0.2) is 8.42 Å². The first-order valence-electron chi connectivity index (χ1n) is 12.4. The second-order valence-electron chi connectivity index (χ2n) is 10.2. The van der Waals surface area contributed by atoms with E-state index in [9.17, 15) is 18.0 Å². The molecule has 0 saturated carbocycles. The lowest BCUT2D eigenvalue weighted by molar-refractivity contribution is -0.121. The monoisotopic (exact) mass is 533 g/mol. The molecule has 1 heterocycles. The molecular formula is C27H36ClN3O4S. The lowest BCUT2D eigenvalue weighted by atomic mass is 9.95. The minimum Gasteiger partial charge on any atom is -0.339 e. The van der Waals surface area contributed by atoms with E-state index in [1.165, 1.54) is 4.31 Å². The van der Waals surface area contributed by atoms with Gasteiger partial charge in [-0.15, -0.1) is 0 Å². The van der Waals surface area contributed by atoms with Crippen LogP contribution in [0.15, 0.2) is 53.4 Å². The molecule has 3 rings (SSSR count). The van der Waals surface area contributed by atoms with Crippen molar-refractivity contribution in [2.24, 2.45) is 17.8 Å². The zero-order valence-electron chi connectivity index (χ0n) is 21.4. The zero-order chi connectivity index (χ0) is 26.5. The summed E-state index contributed by atoms with van der Waals surface area (Å²) in [6.07, 6.45) is 1.10. The van der Waals surface area contributed by atoms with Gasteiger partial charge in [-0.1, -0.05) is 51.4 Å². The van der Waals surface area contributed by atoms with Crippen LogP contribution in [-0.4, -0.2) is 55.6 Å². The number of amides is 2. The van der Waals surface area contributed by atoms with Crippen LogP contribution >= 0.6 is 11.6 Å². The van der Waals surface area contributed by atoms with Crippen molar-refractivity contribution in [3.05, 3.63) is 59.1 Å². The number of nitrogens with zero attached hydrogens (tertiary/aromatic N) is 2. The van der Waals surface area contributed by atoms with Crippen molar-refractivity contribution in [3.8, 4) is 0 Å². The molecule has 1 aliphatic heterocycles. The fraction of sp³-hybridized carbons (Fsp3) is 0.481. The Morgan fingerprint density at radius 2 is 1.53 bits per heavy atom. The Morgan fingerprint density at radius 1 is 0.972 bits per heavy atom. The molecule has 2 aromatic rings. The SMILES string of the molecule is CC(C)CN(CC(C)C)S(=O)(=O)c1ccc(NC(=O)C2CCN(C(=O)c3ccccc3Cl)CC2)cc1. The lowest BCUT2D eigenvalue weighted by Gasteiger charge is -2.31. The van der Waals surface area contributed by atoms with Gasteiger partial charge in [0.25, 0.3) is 5.91 Å². The number of piperidine rings is 1. The highest BCUT2D eigenvalue weighted by Crippen LogP contribution is 2.25. The minimum absolute atomic E-state index is 0.125. The van der Waals surface area contributed by atoms with E-state index in [0.717, 1.165) is 0 Å². The number of anilines is 1. The third-order valence-electron chi connectivity index (χ3n) is 6.15. The van der Waals surface area contributed by atoms with Crippen LogP contribution in [0.25, 0.3) is 0 Å². The van der Waals surface area contributed by atoms with Crippen molar-refractivity contribution in [2.75, 3.05) is 31.5 Å². The van der Waals surface area contributed by atoms with Crippen LogP contribution in [0.5, 0.6) is 0 Å². The number of rotatable bonds is 9. The van der Waals surface area contributed by atoms with Gasteiger partial charge < -0.3 is 10.2 Å². The summed E-state index contributed by atoms with van der Waals surface area (Å²) in [6, 6.07) is 13.3. The second-order valence-corrected chi connectivity index (χ2v) is 12.5. The maximum atomic E-state index is 13.2. The first-order valence-corrected chi connectivity index (χ1v) is 14.3. The number of hydrogen-bond acceptors (Lipinski definition) is 4. The molecule has 0 bridgehead atoms. The molecule has 2 aromatic carbocycles. The fourth-order valence-corrected chi connectivity index (χ4v) is 6.32. The molecule has 0 spiro atoms. The number of hydrogen-bond donors (Lipinski definition) is 1. The molecule has 1 N–H and O–H groups in total. The van der Waals surface area contributed by atoms with Crippen molar-refractivity contribution < 1.29 is 18.0 Å². The topological polar surface area (TPSA) is 86.8 Å². The van der Waals surface area contributed by atoms with E-state index in [-0.39, 0.29) is 34.5 Å². The normalized spacial score (nSPS) is 15.1. The summed E-state index contributed by atoms with van der Waals surface area (Å²) in [4.78, 5) is 27.5. The van der Waals surface area contributed by atoms with Crippen LogP contribution in [0.2, 0.25) is 5.02 Å². The Kier molecular flexibility index (Phi) is 9.55. The zero-order valence-corrected chi connectivity index (χ0v) is 23.0. The Hall–Kier alpha value is -2.42. The molecule has 2 amide bonds. The molecule has 36 heavy (non-hydrogen) atoms. The molecule has 0 aromatic heterocycles. The summed E-state index contributed by atoms with van der Waals surface area (Å²) < 4.78 is 27.9. The summed E-state index contributed by atoms with van der Waals surface area (Å²) in [5.74, 6) is -0.0554. The summed E-state index contributed by atoms with van der Waals surface area (Å²) in [5.41, 5.74) is 1.02. The van der Waals surface area contributed by atoms with Crippen molar-refractivity contribution in [3.63, 3.8) is 0 Å². The number of sulfonamides is 1. The van der Waals surface area contributed by atoms with E-state index in [1.54, 1.807) is 53.4 Å². The van der Waals surface area contributed by atoms with Crippen molar-refractivity contribution in [1.82, 2.24) is 9.21 Å². The number of benzene rings is 2. The third-order valence-corrected chi connectivity index (χ3v) is 8.33. The van der Waals surface area contributed by atoms with E-state index in [0.29, 0.717) is 55.3 Å². The number of halogens is 1. The van der Waals surface area contributed by atoms with E-state index in [1.807, 2.05) is 27.7 Å². The smallest absolute Gasteiger partial charge is 0.255 e. The summed E-state index contributed by atoms with van der Waals surface area (Å²) in [6.45, 7) is 9.85. The van der Waals surface area contributed by atoms with Gasteiger partial charge in [-0.2, -0.15) is 4.31 Å². The van der Waals surface area contributed by atoms with E-state index in [4.69, 9.17) is 11.6 Å². The average molecular weight is 534 g/mol. The predicted molar refractivity (Wildman–Crippen MR) is 144 cm³/mol. The summed E-state index contributed by atoms with van der Waals surface area (Å²) in [5, 5.41) is 3.32. The van der Waals surface area contributed by atoms with Gasteiger partial charge in [-0.05, 0) is 61.1 Å². The van der Waals surface area contributed by atoms with Gasteiger partial charge in [0.15, 0.2) is 0 Å². The van der Waals surface area contributed by atoms with Gasteiger partial charge >= 0.3 is 0 Å². The van der Waals surface area contributed by atoms with Gasteiger partial charge in [0.1, 0.15) is 0 Å². The molecule has 0 aliphatic carbocycles.